The number of hydrogen-bond donors (Lipinski definition) is 3. The van der Waals surface area contributed by atoms with E-state index in [1.165, 1.54) is 0 Å². The van der Waals surface area contributed by atoms with Crippen molar-refractivity contribution in [1.82, 2.24) is 10.5 Å². The Morgan fingerprint density at radius 3 is 2.42 bits per heavy atom. The molecule has 2 amide bonds. The van der Waals surface area contributed by atoms with Crippen molar-refractivity contribution in [3.8, 4) is 0 Å². The molecule has 0 saturated carbocycles. The number of rotatable bonds is 4. The highest BCUT2D eigenvalue weighted by Crippen LogP contribution is 2.27. The molecule has 0 fully saturated rings. The number of urea groups is 1. The van der Waals surface area contributed by atoms with E-state index in [4.69, 9.17) is 8.94 Å². The van der Waals surface area contributed by atoms with Crippen LogP contribution in [0.4, 0.5) is 10.6 Å². The van der Waals surface area contributed by atoms with E-state index in [9.17, 15) is 9.90 Å². The number of carbonyl (C=O) groups is 1. The molecule has 1 unspecified atom stereocenters. The van der Waals surface area contributed by atoms with Gasteiger partial charge < -0.3 is 19.4 Å². The van der Waals surface area contributed by atoms with Crippen LogP contribution in [-0.4, -0.2) is 22.8 Å². The average Bonchev–Trinajstić information content (AvgIpc) is 3.03. The van der Waals surface area contributed by atoms with Gasteiger partial charge in [-0.15, -0.1) is 0 Å². The second-order valence-corrected chi connectivity index (χ2v) is 7.23. The predicted octanol–water partition coefficient (Wildman–Crippen LogP) is 3.21. The lowest BCUT2D eigenvalue weighted by Crippen LogP contribution is -2.40. The number of aromatic nitrogens is 1. The third-order valence-corrected chi connectivity index (χ3v) is 3.71. The highest BCUT2D eigenvalue weighted by molar-refractivity contribution is 5.88. The summed E-state index contributed by atoms with van der Waals surface area (Å²) in [5.74, 6) is 2.34. The topological polar surface area (TPSA) is 101 Å². The first-order valence-corrected chi connectivity index (χ1v) is 7.81. The zero-order valence-electron chi connectivity index (χ0n) is 15.0. The van der Waals surface area contributed by atoms with E-state index < -0.39 is 11.6 Å². The summed E-state index contributed by atoms with van der Waals surface area (Å²) >= 11 is 0. The van der Waals surface area contributed by atoms with E-state index in [-0.39, 0.29) is 12.0 Å². The van der Waals surface area contributed by atoms with Crippen molar-refractivity contribution in [1.29, 1.82) is 0 Å². The van der Waals surface area contributed by atoms with Crippen LogP contribution in [0.1, 0.15) is 50.5 Å². The van der Waals surface area contributed by atoms with Crippen molar-refractivity contribution in [3.63, 3.8) is 0 Å². The van der Waals surface area contributed by atoms with Crippen LogP contribution in [0.15, 0.2) is 21.1 Å². The molecular weight excluding hydrogens is 310 g/mol. The standard InChI is InChI=1S/C17H25N3O4/c1-10-7-12(11(2)23-10)17(6,22)9-18-15(21)19-14-8-13(24-20-14)16(3,4)5/h7-8,22H,9H2,1-6H3,(H2,18,19,20,21). The number of hydrogen-bond acceptors (Lipinski definition) is 5. The van der Waals surface area contributed by atoms with E-state index in [1.54, 1.807) is 26.0 Å². The summed E-state index contributed by atoms with van der Waals surface area (Å²) < 4.78 is 10.6. The molecule has 0 aliphatic rings. The zero-order chi connectivity index (χ0) is 18.1. The third kappa shape index (κ3) is 4.17. The van der Waals surface area contributed by atoms with Crippen LogP contribution < -0.4 is 10.6 Å². The molecule has 0 aromatic carbocycles. The fourth-order valence-corrected chi connectivity index (χ4v) is 2.36. The highest BCUT2D eigenvalue weighted by atomic mass is 16.5. The maximum Gasteiger partial charge on any atom is 0.320 e. The van der Waals surface area contributed by atoms with Gasteiger partial charge in [0, 0.05) is 17.0 Å². The summed E-state index contributed by atoms with van der Waals surface area (Å²) in [6.07, 6.45) is 0. The van der Waals surface area contributed by atoms with Crippen LogP contribution in [0, 0.1) is 13.8 Å². The minimum absolute atomic E-state index is 0.0304. The van der Waals surface area contributed by atoms with Gasteiger partial charge in [-0.2, -0.15) is 0 Å². The summed E-state index contributed by atoms with van der Waals surface area (Å²) in [5.41, 5.74) is -0.777. The molecule has 2 rings (SSSR count). The second kappa shape index (κ2) is 6.32. The Bertz CT molecular complexity index is 723. The Labute approximate surface area is 141 Å². The van der Waals surface area contributed by atoms with Gasteiger partial charge in [0.2, 0.25) is 0 Å². The van der Waals surface area contributed by atoms with Crippen LogP contribution in [-0.2, 0) is 11.0 Å². The van der Waals surface area contributed by atoms with E-state index in [1.807, 2.05) is 27.7 Å². The lowest BCUT2D eigenvalue weighted by molar-refractivity contribution is 0.0584. The smallest absolute Gasteiger partial charge is 0.320 e. The molecule has 2 heterocycles. The monoisotopic (exact) mass is 335 g/mol. The van der Waals surface area contributed by atoms with Gasteiger partial charge in [0.25, 0.3) is 0 Å². The molecule has 0 radical (unpaired) electrons. The fourth-order valence-electron chi connectivity index (χ4n) is 2.36. The molecular formula is C17H25N3O4. The van der Waals surface area contributed by atoms with Crippen molar-refractivity contribution in [2.75, 3.05) is 11.9 Å². The molecule has 0 aliphatic heterocycles. The Balaban J connectivity index is 1.95. The summed E-state index contributed by atoms with van der Waals surface area (Å²) in [5, 5.41) is 19.6. The lowest BCUT2D eigenvalue weighted by atomic mass is 9.93. The molecule has 1 atom stereocenters. The zero-order valence-corrected chi connectivity index (χ0v) is 15.0. The first kappa shape index (κ1) is 18.1. The number of aryl methyl sites for hydroxylation is 2. The lowest BCUT2D eigenvalue weighted by Gasteiger charge is -2.23. The minimum atomic E-state index is -1.24. The summed E-state index contributed by atoms with van der Waals surface area (Å²) in [6, 6.07) is 2.98. The number of furan rings is 1. The normalized spacial score (nSPS) is 14.3. The third-order valence-electron chi connectivity index (χ3n) is 3.71. The Morgan fingerprint density at radius 1 is 1.25 bits per heavy atom. The molecule has 0 spiro atoms. The maximum atomic E-state index is 12.0. The number of nitrogens with zero attached hydrogens (tertiary/aromatic N) is 1. The van der Waals surface area contributed by atoms with Crippen molar-refractivity contribution < 1.29 is 18.8 Å². The SMILES string of the molecule is Cc1cc(C(C)(O)CNC(=O)Nc2cc(C(C)(C)C)on2)c(C)o1. The minimum Gasteiger partial charge on any atom is -0.466 e. The number of anilines is 1. The fraction of sp³-hybridized carbons (Fsp3) is 0.529. The van der Waals surface area contributed by atoms with E-state index in [2.05, 4.69) is 15.8 Å². The van der Waals surface area contributed by atoms with Gasteiger partial charge in [0.05, 0.1) is 6.54 Å². The quantitative estimate of drug-likeness (QED) is 0.796. The molecule has 24 heavy (non-hydrogen) atoms. The molecule has 3 N–H and O–H groups in total. The largest absolute Gasteiger partial charge is 0.466 e. The molecule has 2 aromatic rings. The first-order chi connectivity index (χ1) is 11.0. The van der Waals surface area contributed by atoms with Gasteiger partial charge >= 0.3 is 6.03 Å². The number of carbonyl (C=O) groups excluding carboxylic acids is 1. The van der Waals surface area contributed by atoms with E-state index in [0.717, 1.165) is 0 Å². The molecule has 7 heteroatoms. The second-order valence-electron chi connectivity index (χ2n) is 7.23. The summed E-state index contributed by atoms with van der Waals surface area (Å²) in [7, 11) is 0. The Hall–Kier alpha value is -2.28. The van der Waals surface area contributed by atoms with Crippen molar-refractivity contribution in [2.45, 2.75) is 52.6 Å². The molecule has 7 nitrogen and oxygen atoms in total. The molecule has 0 aliphatic carbocycles. The highest BCUT2D eigenvalue weighted by Gasteiger charge is 2.28. The molecule has 132 valence electrons. The number of nitrogens with one attached hydrogen (secondary N) is 2. The van der Waals surface area contributed by atoms with E-state index in [0.29, 0.717) is 28.7 Å². The van der Waals surface area contributed by atoms with Gasteiger partial charge in [-0.3, -0.25) is 5.32 Å². The first-order valence-electron chi connectivity index (χ1n) is 7.81. The maximum absolute atomic E-state index is 12.0. The van der Waals surface area contributed by atoms with Gasteiger partial charge in [0.1, 0.15) is 22.9 Å². The van der Waals surface area contributed by atoms with Crippen molar-refractivity contribution >= 4 is 11.8 Å². The van der Waals surface area contributed by atoms with E-state index >= 15 is 0 Å². The predicted molar refractivity (Wildman–Crippen MR) is 90.0 cm³/mol. The average molecular weight is 335 g/mol. The summed E-state index contributed by atoms with van der Waals surface area (Å²) in [4.78, 5) is 12.0. The van der Waals surface area contributed by atoms with Gasteiger partial charge in [0.15, 0.2) is 5.82 Å². The van der Waals surface area contributed by atoms with Gasteiger partial charge in [-0.1, -0.05) is 25.9 Å². The Kier molecular flexibility index (Phi) is 4.75. The molecule has 0 saturated heterocycles. The van der Waals surface area contributed by atoms with Crippen LogP contribution in [0.2, 0.25) is 0 Å². The number of aliphatic hydroxyl groups is 1. The molecule has 2 aromatic heterocycles. The van der Waals surface area contributed by atoms with Crippen LogP contribution >= 0.6 is 0 Å². The van der Waals surface area contributed by atoms with Gasteiger partial charge in [-0.05, 0) is 26.8 Å². The van der Waals surface area contributed by atoms with Crippen molar-refractivity contribution in [2.24, 2.45) is 0 Å². The Morgan fingerprint density at radius 2 is 1.92 bits per heavy atom. The van der Waals surface area contributed by atoms with Crippen LogP contribution in [0.25, 0.3) is 0 Å². The van der Waals surface area contributed by atoms with Crippen LogP contribution in [0.3, 0.4) is 0 Å². The molecule has 0 bridgehead atoms. The van der Waals surface area contributed by atoms with Crippen molar-refractivity contribution in [3.05, 3.63) is 35.0 Å². The van der Waals surface area contributed by atoms with Gasteiger partial charge in [-0.25, -0.2) is 4.79 Å². The number of amides is 2. The summed E-state index contributed by atoms with van der Waals surface area (Å²) in [6.45, 7) is 11.2. The van der Waals surface area contributed by atoms with Crippen LogP contribution in [0.5, 0.6) is 0 Å².